The van der Waals surface area contributed by atoms with Crippen molar-refractivity contribution in [1.82, 2.24) is 5.32 Å². The maximum absolute atomic E-state index is 11.3. The zero-order valence-corrected chi connectivity index (χ0v) is 10.7. The number of hydrogen-bond donors (Lipinski definition) is 4. The average Bonchev–Trinajstić information content (AvgIpc) is 2.32. The quantitative estimate of drug-likeness (QED) is 0.559. The predicted molar refractivity (Wildman–Crippen MR) is 69.5 cm³/mol. The van der Waals surface area contributed by atoms with E-state index < -0.39 is 11.9 Å². The molecule has 0 aliphatic carbocycles. The predicted octanol–water partition coefficient (Wildman–Crippen LogP) is 0.666. The Balaban J connectivity index is 3.01. The summed E-state index contributed by atoms with van der Waals surface area (Å²) in [4.78, 5) is 11.3. The summed E-state index contributed by atoms with van der Waals surface area (Å²) < 4.78 is 0. The highest BCUT2D eigenvalue weighted by atomic mass is 16.3. The van der Waals surface area contributed by atoms with Crippen molar-refractivity contribution in [2.75, 3.05) is 6.54 Å². The Morgan fingerprint density at radius 1 is 1.28 bits per heavy atom. The summed E-state index contributed by atoms with van der Waals surface area (Å²) in [6.07, 6.45) is 1.11. The van der Waals surface area contributed by atoms with Crippen LogP contribution in [0.2, 0.25) is 0 Å². The summed E-state index contributed by atoms with van der Waals surface area (Å²) >= 11 is 0. The standard InChI is InChI=1S/C13H20N2O3/c1-3-8-6-11(16)12(17)7-9(8)5-10(13(14)18)15-4-2/h6-7,10,15-17H,3-5H2,1-2H3,(H2,14,18)/t10-/m0/s1. The normalized spacial score (nSPS) is 12.3. The van der Waals surface area contributed by atoms with Gasteiger partial charge in [0.1, 0.15) is 0 Å². The average molecular weight is 252 g/mol. The molecule has 1 atom stereocenters. The van der Waals surface area contributed by atoms with Crippen LogP contribution in [0.25, 0.3) is 0 Å². The molecule has 0 heterocycles. The van der Waals surface area contributed by atoms with Gasteiger partial charge in [0.25, 0.3) is 0 Å². The van der Waals surface area contributed by atoms with Gasteiger partial charge in [0.15, 0.2) is 11.5 Å². The molecule has 0 aromatic heterocycles. The molecule has 0 spiro atoms. The van der Waals surface area contributed by atoms with Crippen LogP contribution in [0.5, 0.6) is 11.5 Å². The van der Waals surface area contributed by atoms with Gasteiger partial charge in [0.2, 0.25) is 5.91 Å². The molecule has 0 aliphatic heterocycles. The SMILES string of the molecule is CCN[C@@H](Cc1cc(O)c(O)cc1CC)C(N)=O. The Labute approximate surface area is 107 Å². The van der Waals surface area contributed by atoms with E-state index in [1.165, 1.54) is 12.1 Å². The van der Waals surface area contributed by atoms with Crippen molar-refractivity contribution in [3.63, 3.8) is 0 Å². The van der Waals surface area contributed by atoms with E-state index in [2.05, 4.69) is 5.32 Å². The van der Waals surface area contributed by atoms with Crippen LogP contribution in [-0.4, -0.2) is 28.7 Å². The van der Waals surface area contributed by atoms with E-state index in [1.807, 2.05) is 13.8 Å². The van der Waals surface area contributed by atoms with Crippen molar-refractivity contribution in [2.24, 2.45) is 5.73 Å². The number of aryl methyl sites for hydroxylation is 1. The molecule has 5 N–H and O–H groups in total. The molecule has 5 nitrogen and oxygen atoms in total. The third-order valence-electron chi connectivity index (χ3n) is 2.90. The maximum Gasteiger partial charge on any atom is 0.234 e. The first-order valence-corrected chi connectivity index (χ1v) is 6.06. The molecule has 1 aromatic rings. The van der Waals surface area contributed by atoms with E-state index in [9.17, 15) is 15.0 Å². The third-order valence-corrected chi connectivity index (χ3v) is 2.90. The highest BCUT2D eigenvalue weighted by Crippen LogP contribution is 2.29. The number of phenolic OH excluding ortho intramolecular Hbond substituents is 2. The van der Waals surface area contributed by atoms with Gasteiger partial charge in [0, 0.05) is 0 Å². The molecular formula is C13H20N2O3. The van der Waals surface area contributed by atoms with Gasteiger partial charge in [-0.3, -0.25) is 4.79 Å². The summed E-state index contributed by atoms with van der Waals surface area (Å²) in [5.41, 5.74) is 7.03. The number of primary amides is 1. The van der Waals surface area contributed by atoms with Crippen molar-refractivity contribution in [3.8, 4) is 11.5 Å². The van der Waals surface area contributed by atoms with E-state index in [1.54, 1.807) is 0 Å². The second kappa shape index (κ2) is 6.26. The van der Waals surface area contributed by atoms with Crippen LogP contribution < -0.4 is 11.1 Å². The number of nitrogens with one attached hydrogen (secondary N) is 1. The first-order valence-electron chi connectivity index (χ1n) is 6.06. The van der Waals surface area contributed by atoms with Gasteiger partial charge >= 0.3 is 0 Å². The summed E-state index contributed by atoms with van der Waals surface area (Å²) in [5, 5.41) is 22.0. The smallest absolute Gasteiger partial charge is 0.234 e. The van der Waals surface area contributed by atoms with Crippen LogP contribution >= 0.6 is 0 Å². The van der Waals surface area contributed by atoms with Crippen LogP contribution in [0.3, 0.4) is 0 Å². The number of amides is 1. The summed E-state index contributed by atoms with van der Waals surface area (Å²) in [5.74, 6) is -0.747. The molecule has 0 bridgehead atoms. The van der Waals surface area contributed by atoms with Crippen LogP contribution in [-0.2, 0) is 17.6 Å². The zero-order chi connectivity index (χ0) is 13.7. The van der Waals surface area contributed by atoms with Crippen molar-refractivity contribution in [2.45, 2.75) is 32.7 Å². The minimum Gasteiger partial charge on any atom is -0.504 e. The van der Waals surface area contributed by atoms with Crippen molar-refractivity contribution >= 4 is 5.91 Å². The van der Waals surface area contributed by atoms with Crippen LogP contribution in [0.4, 0.5) is 0 Å². The molecule has 0 fully saturated rings. The summed E-state index contributed by atoms with van der Waals surface area (Å²) in [6.45, 7) is 4.48. The number of phenols is 2. The van der Waals surface area contributed by atoms with Gasteiger partial charge in [-0.1, -0.05) is 13.8 Å². The second-order valence-electron chi connectivity index (χ2n) is 4.18. The fourth-order valence-electron chi connectivity index (χ4n) is 1.92. The maximum atomic E-state index is 11.3. The van der Waals surface area contributed by atoms with Gasteiger partial charge in [0.05, 0.1) is 6.04 Å². The van der Waals surface area contributed by atoms with Gasteiger partial charge in [-0.25, -0.2) is 0 Å². The van der Waals surface area contributed by atoms with Crippen molar-refractivity contribution < 1.29 is 15.0 Å². The van der Waals surface area contributed by atoms with E-state index in [4.69, 9.17) is 5.73 Å². The Morgan fingerprint density at radius 3 is 2.28 bits per heavy atom. The van der Waals surface area contributed by atoms with Crippen LogP contribution in [0.1, 0.15) is 25.0 Å². The molecule has 100 valence electrons. The molecule has 0 saturated carbocycles. The highest BCUT2D eigenvalue weighted by molar-refractivity contribution is 5.80. The minimum absolute atomic E-state index is 0.144. The number of rotatable bonds is 6. The summed E-state index contributed by atoms with van der Waals surface area (Å²) in [7, 11) is 0. The third kappa shape index (κ3) is 3.37. The zero-order valence-electron chi connectivity index (χ0n) is 10.7. The number of carbonyl (C=O) groups excluding carboxylic acids is 1. The Hall–Kier alpha value is -1.75. The Bertz CT molecular complexity index is 432. The van der Waals surface area contributed by atoms with Crippen molar-refractivity contribution in [3.05, 3.63) is 23.3 Å². The van der Waals surface area contributed by atoms with E-state index in [0.29, 0.717) is 19.4 Å². The van der Waals surface area contributed by atoms with Gasteiger partial charge in [-0.15, -0.1) is 0 Å². The number of aromatic hydroxyl groups is 2. The van der Waals surface area contributed by atoms with Crippen molar-refractivity contribution in [1.29, 1.82) is 0 Å². The lowest BCUT2D eigenvalue weighted by Gasteiger charge is -2.17. The van der Waals surface area contributed by atoms with Gasteiger partial charge in [-0.2, -0.15) is 0 Å². The molecule has 0 aliphatic rings. The molecule has 0 unspecified atom stereocenters. The number of carbonyl (C=O) groups is 1. The Morgan fingerprint density at radius 2 is 1.83 bits per heavy atom. The molecule has 0 saturated heterocycles. The molecule has 0 radical (unpaired) electrons. The molecular weight excluding hydrogens is 232 g/mol. The molecule has 1 aromatic carbocycles. The van der Waals surface area contributed by atoms with Gasteiger partial charge in [-0.05, 0) is 42.6 Å². The number of hydrogen-bond acceptors (Lipinski definition) is 4. The fraction of sp³-hybridized carbons (Fsp3) is 0.462. The van der Waals surface area contributed by atoms with Crippen LogP contribution in [0.15, 0.2) is 12.1 Å². The minimum atomic E-state index is -0.468. The Kier molecular flexibility index (Phi) is 4.97. The number of benzene rings is 1. The van der Waals surface area contributed by atoms with Crippen LogP contribution in [0, 0.1) is 0 Å². The van der Waals surface area contributed by atoms with E-state index in [0.717, 1.165) is 11.1 Å². The first kappa shape index (κ1) is 14.3. The second-order valence-corrected chi connectivity index (χ2v) is 4.18. The van der Waals surface area contributed by atoms with Gasteiger partial charge < -0.3 is 21.3 Å². The monoisotopic (exact) mass is 252 g/mol. The fourth-order valence-corrected chi connectivity index (χ4v) is 1.92. The molecule has 1 amide bonds. The number of likely N-dealkylation sites (N-methyl/N-ethyl adjacent to an activating group) is 1. The highest BCUT2D eigenvalue weighted by Gasteiger charge is 2.17. The lowest BCUT2D eigenvalue weighted by atomic mass is 9.97. The van der Waals surface area contributed by atoms with E-state index >= 15 is 0 Å². The number of nitrogens with two attached hydrogens (primary N) is 1. The molecule has 1 rings (SSSR count). The largest absolute Gasteiger partial charge is 0.504 e. The molecule has 18 heavy (non-hydrogen) atoms. The lowest BCUT2D eigenvalue weighted by molar-refractivity contribution is -0.120. The van der Waals surface area contributed by atoms with E-state index in [-0.39, 0.29) is 11.5 Å². The summed E-state index contributed by atoms with van der Waals surface area (Å²) in [6, 6.07) is 2.54. The topological polar surface area (TPSA) is 95.6 Å². The lowest BCUT2D eigenvalue weighted by Crippen LogP contribution is -2.42. The first-order chi connectivity index (χ1) is 8.49. The molecule has 5 heteroatoms.